The molecule has 0 amide bonds. The maximum Gasteiger partial charge on any atom is 0.241 e. The number of hydrogen-bond donors (Lipinski definition) is 2. The van der Waals surface area contributed by atoms with Crippen LogP contribution < -0.4 is 4.72 Å². The number of rotatable bonds is 8. The normalized spacial score (nSPS) is 13.4. The van der Waals surface area contributed by atoms with Gasteiger partial charge in [-0.15, -0.1) is 0 Å². The maximum absolute atomic E-state index is 12.6. The first kappa shape index (κ1) is 16.9. The van der Waals surface area contributed by atoms with Gasteiger partial charge >= 0.3 is 0 Å². The molecule has 2 rings (SSSR count). The van der Waals surface area contributed by atoms with Crippen LogP contribution >= 0.6 is 0 Å². The van der Waals surface area contributed by atoms with Gasteiger partial charge in [0.1, 0.15) is 0 Å². The summed E-state index contributed by atoms with van der Waals surface area (Å²) in [6, 6.07) is 12.7. The average molecular weight is 321 g/mol. The van der Waals surface area contributed by atoms with Crippen LogP contribution in [0.5, 0.6) is 0 Å². The van der Waals surface area contributed by atoms with Crippen LogP contribution in [-0.2, 0) is 10.0 Å². The van der Waals surface area contributed by atoms with E-state index >= 15 is 0 Å². The Morgan fingerprint density at radius 2 is 1.82 bits per heavy atom. The third kappa shape index (κ3) is 4.06. The Balaban J connectivity index is 2.22. The molecule has 0 aliphatic heterocycles. The zero-order valence-corrected chi connectivity index (χ0v) is 13.6. The minimum Gasteiger partial charge on any atom is -0.396 e. The molecular formula is C17H23NO3S. The molecule has 22 heavy (non-hydrogen) atoms. The third-order valence-corrected chi connectivity index (χ3v) is 5.32. The standard InChI is InChI=1S/C17H23NO3S/c1-2-6-14(11-12-19)13-18-22(20,21)17-10-5-8-15-7-3-4-9-16(15)17/h3-5,7-10,14,18-19H,2,6,11-13H2,1H3. The van der Waals surface area contributed by atoms with Gasteiger partial charge in [0.15, 0.2) is 0 Å². The monoisotopic (exact) mass is 321 g/mol. The molecule has 0 saturated heterocycles. The topological polar surface area (TPSA) is 66.4 Å². The third-order valence-electron chi connectivity index (χ3n) is 3.84. The van der Waals surface area contributed by atoms with Crippen LogP contribution in [0.4, 0.5) is 0 Å². The molecule has 2 aromatic carbocycles. The summed E-state index contributed by atoms with van der Waals surface area (Å²) >= 11 is 0. The highest BCUT2D eigenvalue weighted by Crippen LogP contribution is 2.23. The van der Waals surface area contributed by atoms with E-state index in [9.17, 15) is 8.42 Å². The lowest BCUT2D eigenvalue weighted by atomic mass is 10.0. The van der Waals surface area contributed by atoms with Crippen LogP contribution in [0.15, 0.2) is 47.4 Å². The molecule has 0 saturated carbocycles. The summed E-state index contributed by atoms with van der Waals surface area (Å²) in [6.45, 7) is 2.50. The molecule has 0 aliphatic carbocycles. The van der Waals surface area contributed by atoms with Crippen LogP contribution in [0.1, 0.15) is 26.2 Å². The average Bonchev–Trinajstić information content (AvgIpc) is 2.52. The zero-order valence-electron chi connectivity index (χ0n) is 12.8. The van der Waals surface area contributed by atoms with E-state index in [0.29, 0.717) is 17.9 Å². The van der Waals surface area contributed by atoms with E-state index < -0.39 is 10.0 Å². The van der Waals surface area contributed by atoms with Crippen LogP contribution in [0.3, 0.4) is 0 Å². The summed E-state index contributed by atoms with van der Waals surface area (Å²) in [7, 11) is -3.55. The van der Waals surface area contributed by atoms with E-state index in [1.807, 2.05) is 30.3 Å². The largest absolute Gasteiger partial charge is 0.396 e. The SMILES string of the molecule is CCCC(CCO)CNS(=O)(=O)c1cccc2ccccc12. The van der Waals surface area contributed by atoms with Crippen LogP contribution in [-0.4, -0.2) is 26.7 Å². The molecule has 0 fully saturated rings. The van der Waals surface area contributed by atoms with Crippen molar-refractivity contribution in [1.29, 1.82) is 0 Å². The molecule has 2 aromatic rings. The van der Waals surface area contributed by atoms with Gasteiger partial charge < -0.3 is 5.11 Å². The Hall–Kier alpha value is -1.43. The molecule has 0 bridgehead atoms. The van der Waals surface area contributed by atoms with Crippen LogP contribution in [0.25, 0.3) is 10.8 Å². The van der Waals surface area contributed by atoms with Crippen molar-refractivity contribution >= 4 is 20.8 Å². The molecule has 1 unspecified atom stereocenters. The van der Waals surface area contributed by atoms with E-state index in [-0.39, 0.29) is 12.5 Å². The Labute approximate surface area is 132 Å². The van der Waals surface area contributed by atoms with Gasteiger partial charge in [0.05, 0.1) is 4.90 Å². The Morgan fingerprint density at radius 1 is 1.09 bits per heavy atom. The van der Waals surface area contributed by atoms with Gasteiger partial charge in [-0.2, -0.15) is 0 Å². The molecule has 4 nitrogen and oxygen atoms in total. The lowest BCUT2D eigenvalue weighted by Gasteiger charge is -2.16. The minimum atomic E-state index is -3.55. The first-order chi connectivity index (χ1) is 10.6. The lowest BCUT2D eigenvalue weighted by molar-refractivity contribution is 0.251. The summed E-state index contributed by atoms with van der Waals surface area (Å²) in [5, 5.41) is 10.7. The number of sulfonamides is 1. The summed E-state index contributed by atoms with van der Waals surface area (Å²) in [4.78, 5) is 0.310. The molecule has 0 aromatic heterocycles. The van der Waals surface area contributed by atoms with E-state index in [1.165, 1.54) is 0 Å². The highest BCUT2D eigenvalue weighted by molar-refractivity contribution is 7.89. The van der Waals surface area contributed by atoms with Crippen molar-refractivity contribution in [3.05, 3.63) is 42.5 Å². The van der Waals surface area contributed by atoms with Gasteiger partial charge in [-0.3, -0.25) is 0 Å². The smallest absolute Gasteiger partial charge is 0.241 e. The number of benzene rings is 2. The first-order valence-electron chi connectivity index (χ1n) is 7.66. The van der Waals surface area contributed by atoms with Crippen molar-refractivity contribution < 1.29 is 13.5 Å². The van der Waals surface area contributed by atoms with Gasteiger partial charge in [-0.25, -0.2) is 13.1 Å². The van der Waals surface area contributed by atoms with E-state index in [4.69, 9.17) is 5.11 Å². The molecule has 5 heteroatoms. The van der Waals surface area contributed by atoms with Crippen LogP contribution in [0.2, 0.25) is 0 Å². The Kier molecular flexibility index (Phi) is 5.94. The summed E-state index contributed by atoms with van der Waals surface area (Å²) in [6.07, 6.45) is 2.49. The van der Waals surface area contributed by atoms with Gasteiger partial charge in [-0.05, 0) is 30.2 Å². The van der Waals surface area contributed by atoms with Crippen LogP contribution in [0, 0.1) is 5.92 Å². The van der Waals surface area contributed by atoms with E-state index in [1.54, 1.807) is 12.1 Å². The second-order valence-electron chi connectivity index (χ2n) is 5.50. The highest BCUT2D eigenvalue weighted by Gasteiger charge is 2.18. The van der Waals surface area contributed by atoms with Gasteiger partial charge in [0.25, 0.3) is 0 Å². The molecule has 0 aliphatic rings. The molecule has 120 valence electrons. The number of hydrogen-bond acceptors (Lipinski definition) is 3. The molecular weight excluding hydrogens is 298 g/mol. The van der Waals surface area contributed by atoms with Crippen molar-refractivity contribution in [3.8, 4) is 0 Å². The van der Waals surface area contributed by atoms with Crippen molar-refractivity contribution in [2.45, 2.75) is 31.1 Å². The van der Waals surface area contributed by atoms with Crippen molar-refractivity contribution in [2.75, 3.05) is 13.2 Å². The highest BCUT2D eigenvalue weighted by atomic mass is 32.2. The lowest BCUT2D eigenvalue weighted by Crippen LogP contribution is -2.30. The maximum atomic E-state index is 12.6. The fourth-order valence-electron chi connectivity index (χ4n) is 2.67. The molecule has 0 radical (unpaired) electrons. The number of fused-ring (bicyclic) bond motifs is 1. The Morgan fingerprint density at radius 3 is 2.55 bits per heavy atom. The molecule has 0 spiro atoms. The summed E-state index contributed by atoms with van der Waals surface area (Å²) in [5.74, 6) is 0.166. The molecule has 1 atom stereocenters. The second kappa shape index (κ2) is 7.72. The molecule has 2 N–H and O–H groups in total. The van der Waals surface area contributed by atoms with E-state index in [2.05, 4.69) is 11.6 Å². The number of aliphatic hydroxyl groups excluding tert-OH is 1. The van der Waals surface area contributed by atoms with E-state index in [0.717, 1.165) is 23.6 Å². The fraction of sp³-hybridized carbons (Fsp3) is 0.412. The van der Waals surface area contributed by atoms with Gasteiger partial charge in [0, 0.05) is 18.5 Å². The van der Waals surface area contributed by atoms with Gasteiger partial charge in [-0.1, -0.05) is 49.7 Å². The summed E-state index contributed by atoms with van der Waals surface area (Å²) in [5.41, 5.74) is 0. The number of aliphatic hydroxyl groups is 1. The molecule has 0 heterocycles. The Bertz CT molecular complexity index is 701. The first-order valence-corrected chi connectivity index (χ1v) is 9.15. The zero-order chi connectivity index (χ0) is 16.0. The second-order valence-corrected chi connectivity index (χ2v) is 7.23. The quantitative estimate of drug-likeness (QED) is 0.785. The summed E-state index contributed by atoms with van der Waals surface area (Å²) < 4.78 is 27.9. The van der Waals surface area contributed by atoms with Crippen molar-refractivity contribution in [2.24, 2.45) is 5.92 Å². The minimum absolute atomic E-state index is 0.0840. The number of nitrogens with one attached hydrogen (secondary N) is 1. The van der Waals surface area contributed by atoms with Crippen molar-refractivity contribution in [1.82, 2.24) is 4.72 Å². The van der Waals surface area contributed by atoms with Gasteiger partial charge in [0.2, 0.25) is 10.0 Å². The van der Waals surface area contributed by atoms with Crippen molar-refractivity contribution in [3.63, 3.8) is 0 Å². The predicted octanol–water partition coefficient (Wildman–Crippen LogP) is 2.92. The predicted molar refractivity (Wildman–Crippen MR) is 89.2 cm³/mol. The fourth-order valence-corrected chi connectivity index (χ4v) is 4.02.